The standard InChI is InChI=1S/C51H30O/c1-3-19-42-37(14-1)38-17-5-10-33-12-7-21-44(48(33)38)51(42)43-20-4-2-15-40(43)50-36(16-9-22-45(50)51)32-26-24-31(25-27-32)35-28-29-46-41(30-35)39-18-6-11-34-13-8-23-47(52-46)49(34)39/h1-30H. The van der Waals surface area contributed by atoms with Crippen molar-refractivity contribution >= 4 is 21.5 Å². The van der Waals surface area contributed by atoms with Gasteiger partial charge in [0.05, 0.1) is 5.41 Å². The topological polar surface area (TPSA) is 9.23 Å². The van der Waals surface area contributed by atoms with Crippen LogP contribution in [0.3, 0.4) is 0 Å². The third-order valence-corrected chi connectivity index (χ3v) is 11.9. The molecule has 1 heterocycles. The largest absolute Gasteiger partial charge is 0.456 e. The fraction of sp³-hybridized carbons (Fsp3) is 0.0196. The summed E-state index contributed by atoms with van der Waals surface area (Å²) in [6.45, 7) is 0. The van der Waals surface area contributed by atoms with Crippen molar-refractivity contribution in [3.8, 4) is 67.1 Å². The van der Waals surface area contributed by atoms with Gasteiger partial charge in [-0.3, -0.25) is 0 Å². The van der Waals surface area contributed by atoms with E-state index in [4.69, 9.17) is 4.74 Å². The Balaban J connectivity index is 1.03. The van der Waals surface area contributed by atoms with Crippen LogP contribution >= 0.6 is 0 Å². The van der Waals surface area contributed by atoms with E-state index >= 15 is 0 Å². The number of rotatable bonds is 2. The zero-order valence-electron chi connectivity index (χ0n) is 28.2. The summed E-state index contributed by atoms with van der Waals surface area (Å²) in [4.78, 5) is 0. The highest BCUT2D eigenvalue weighted by atomic mass is 16.5. The SMILES string of the molecule is c1ccc2c(c1)-c1c(-c3ccc(-c4ccc5c(c4)-c4cccc6cccc(c46)O5)cc3)cccc1C21c2ccccc2-c2cccc3cccc1c23. The van der Waals surface area contributed by atoms with Crippen LogP contribution in [-0.4, -0.2) is 0 Å². The van der Waals surface area contributed by atoms with Crippen molar-refractivity contribution in [3.63, 3.8) is 0 Å². The highest BCUT2D eigenvalue weighted by Crippen LogP contribution is 2.63. The molecule has 9 aromatic carbocycles. The summed E-state index contributed by atoms with van der Waals surface area (Å²) in [6.07, 6.45) is 0. The van der Waals surface area contributed by atoms with Gasteiger partial charge in [-0.05, 0) is 107 Å². The second-order valence-electron chi connectivity index (χ2n) is 14.3. The van der Waals surface area contributed by atoms with E-state index in [1.54, 1.807) is 0 Å². The van der Waals surface area contributed by atoms with Gasteiger partial charge in [0.1, 0.15) is 11.5 Å². The van der Waals surface area contributed by atoms with E-state index in [0.29, 0.717) is 0 Å². The molecule has 0 saturated carbocycles. The molecule has 52 heavy (non-hydrogen) atoms. The molecule has 12 rings (SSSR count). The average molecular weight is 659 g/mol. The quantitative estimate of drug-likeness (QED) is 0.180. The molecule has 0 fully saturated rings. The molecule has 0 bridgehead atoms. The van der Waals surface area contributed by atoms with Crippen LogP contribution < -0.4 is 4.74 Å². The molecule has 1 aliphatic heterocycles. The van der Waals surface area contributed by atoms with Crippen molar-refractivity contribution in [2.24, 2.45) is 0 Å². The summed E-state index contributed by atoms with van der Waals surface area (Å²) in [5.74, 6) is 1.83. The summed E-state index contributed by atoms with van der Waals surface area (Å²) in [5.41, 5.74) is 17.5. The third-order valence-electron chi connectivity index (χ3n) is 11.9. The fourth-order valence-corrected chi connectivity index (χ4v) is 9.80. The molecule has 240 valence electrons. The van der Waals surface area contributed by atoms with Crippen LogP contribution in [0.4, 0.5) is 0 Å². The molecule has 0 amide bonds. The molecule has 0 saturated heterocycles. The summed E-state index contributed by atoms with van der Waals surface area (Å²) >= 11 is 0. The lowest BCUT2D eigenvalue weighted by Crippen LogP contribution is -2.31. The number of fused-ring (bicyclic) bond motifs is 11. The molecule has 1 unspecified atom stereocenters. The summed E-state index contributed by atoms with van der Waals surface area (Å²) in [5, 5.41) is 5.03. The minimum atomic E-state index is -0.418. The monoisotopic (exact) mass is 658 g/mol. The fourth-order valence-electron chi connectivity index (χ4n) is 9.80. The van der Waals surface area contributed by atoms with Crippen molar-refractivity contribution in [1.29, 1.82) is 0 Å². The second kappa shape index (κ2) is 10.2. The first kappa shape index (κ1) is 28.0. The molecule has 0 N–H and O–H groups in total. The van der Waals surface area contributed by atoms with Crippen LogP contribution in [0, 0.1) is 0 Å². The van der Waals surface area contributed by atoms with Crippen LogP contribution in [0.2, 0.25) is 0 Å². The van der Waals surface area contributed by atoms with Gasteiger partial charge in [0, 0.05) is 10.9 Å². The smallest absolute Gasteiger partial charge is 0.135 e. The number of hydrogen-bond acceptors (Lipinski definition) is 1. The van der Waals surface area contributed by atoms with Gasteiger partial charge < -0.3 is 4.74 Å². The van der Waals surface area contributed by atoms with Gasteiger partial charge in [-0.2, -0.15) is 0 Å². The van der Waals surface area contributed by atoms with E-state index in [0.717, 1.165) is 17.1 Å². The molecule has 1 heteroatoms. The Labute approximate surface area is 302 Å². The van der Waals surface area contributed by atoms with Crippen molar-refractivity contribution in [2.75, 3.05) is 0 Å². The van der Waals surface area contributed by atoms with Crippen molar-refractivity contribution < 1.29 is 4.74 Å². The molecule has 1 atom stereocenters. The lowest BCUT2D eigenvalue weighted by Gasteiger charge is -2.40. The summed E-state index contributed by atoms with van der Waals surface area (Å²) < 4.78 is 6.40. The molecular weight excluding hydrogens is 629 g/mol. The predicted molar refractivity (Wildman–Crippen MR) is 214 cm³/mol. The van der Waals surface area contributed by atoms with Gasteiger partial charge in [-0.25, -0.2) is 0 Å². The maximum Gasteiger partial charge on any atom is 0.135 e. The van der Waals surface area contributed by atoms with E-state index in [-0.39, 0.29) is 0 Å². The first-order chi connectivity index (χ1) is 25.8. The minimum absolute atomic E-state index is 0.418. The van der Waals surface area contributed by atoms with Crippen LogP contribution in [0.25, 0.3) is 77.2 Å². The maximum absolute atomic E-state index is 6.40. The summed E-state index contributed by atoms with van der Waals surface area (Å²) in [6, 6.07) is 67.3. The van der Waals surface area contributed by atoms with Gasteiger partial charge in [0.25, 0.3) is 0 Å². The van der Waals surface area contributed by atoms with Gasteiger partial charge in [0.15, 0.2) is 0 Å². The first-order valence-corrected chi connectivity index (χ1v) is 18.1. The molecule has 1 spiro atoms. The first-order valence-electron chi connectivity index (χ1n) is 18.1. The zero-order valence-corrected chi connectivity index (χ0v) is 28.2. The Morgan fingerprint density at radius 3 is 1.65 bits per heavy atom. The molecule has 1 nitrogen and oxygen atoms in total. The Bertz CT molecular complexity index is 2970. The molecule has 0 radical (unpaired) electrons. The Kier molecular flexibility index (Phi) is 5.49. The molecular formula is C51H30O. The Morgan fingerprint density at radius 1 is 0.308 bits per heavy atom. The predicted octanol–water partition coefficient (Wildman–Crippen LogP) is 13.4. The molecule has 9 aromatic rings. The molecule has 2 aliphatic carbocycles. The van der Waals surface area contributed by atoms with E-state index < -0.39 is 5.41 Å². The Hall–Kier alpha value is -6.70. The Morgan fingerprint density at radius 2 is 0.846 bits per heavy atom. The van der Waals surface area contributed by atoms with E-state index in [2.05, 4.69) is 182 Å². The van der Waals surface area contributed by atoms with Crippen molar-refractivity contribution in [3.05, 3.63) is 204 Å². The summed E-state index contributed by atoms with van der Waals surface area (Å²) in [7, 11) is 0. The normalized spacial score (nSPS) is 15.5. The molecule has 0 aromatic heterocycles. The van der Waals surface area contributed by atoms with Gasteiger partial charge in [-0.15, -0.1) is 0 Å². The number of ether oxygens (including phenoxy) is 1. The van der Waals surface area contributed by atoms with Crippen LogP contribution in [-0.2, 0) is 5.41 Å². The molecule has 3 aliphatic rings. The zero-order chi connectivity index (χ0) is 34.0. The van der Waals surface area contributed by atoms with E-state index in [1.807, 2.05) is 0 Å². The average Bonchev–Trinajstić information content (AvgIpc) is 3.51. The van der Waals surface area contributed by atoms with Gasteiger partial charge >= 0.3 is 0 Å². The van der Waals surface area contributed by atoms with Gasteiger partial charge in [-0.1, -0.05) is 164 Å². The highest BCUT2D eigenvalue weighted by Gasteiger charge is 2.50. The highest BCUT2D eigenvalue weighted by molar-refractivity contribution is 6.08. The lowest BCUT2D eigenvalue weighted by atomic mass is 9.61. The van der Waals surface area contributed by atoms with Crippen molar-refractivity contribution in [1.82, 2.24) is 0 Å². The minimum Gasteiger partial charge on any atom is -0.456 e. The maximum atomic E-state index is 6.40. The van der Waals surface area contributed by atoms with Crippen LogP contribution in [0.5, 0.6) is 11.5 Å². The number of benzene rings is 9. The van der Waals surface area contributed by atoms with Crippen LogP contribution in [0.15, 0.2) is 182 Å². The lowest BCUT2D eigenvalue weighted by molar-refractivity contribution is 0.487. The van der Waals surface area contributed by atoms with Crippen molar-refractivity contribution in [2.45, 2.75) is 5.41 Å². The van der Waals surface area contributed by atoms with E-state index in [9.17, 15) is 0 Å². The van der Waals surface area contributed by atoms with Gasteiger partial charge in [0.2, 0.25) is 0 Å². The van der Waals surface area contributed by atoms with E-state index in [1.165, 1.54) is 93.9 Å². The third kappa shape index (κ3) is 3.52. The number of hydrogen-bond donors (Lipinski definition) is 0. The second-order valence-corrected chi connectivity index (χ2v) is 14.3. The van der Waals surface area contributed by atoms with Crippen LogP contribution in [0.1, 0.15) is 22.3 Å².